The first-order valence-corrected chi connectivity index (χ1v) is 8.80. The molecule has 1 heterocycles. The molecule has 1 aromatic carbocycles. The molecule has 0 fully saturated rings. The Labute approximate surface area is 129 Å². The third-order valence-corrected chi connectivity index (χ3v) is 4.96. The van der Waals surface area contributed by atoms with Crippen molar-refractivity contribution in [3.05, 3.63) is 36.2 Å². The average Bonchev–Trinajstić information content (AvgIpc) is 3.02. The molecule has 22 heavy (non-hydrogen) atoms. The maximum atomic E-state index is 12.2. The smallest absolute Gasteiger partial charge is 0.330 e. The maximum Gasteiger partial charge on any atom is 0.330 e. The van der Waals surface area contributed by atoms with Crippen molar-refractivity contribution in [2.75, 3.05) is 19.9 Å². The van der Waals surface area contributed by atoms with Crippen LogP contribution in [0.15, 0.2) is 34.9 Å². The summed E-state index contributed by atoms with van der Waals surface area (Å²) in [6, 6.07) is 7.37. The lowest BCUT2D eigenvalue weighted by molar-refractivity contribution is 0.204. The third kappa shape index (κ3) is 4.19. The Kier molecular flexibility index (Phi) is 5.77. The zero-order chi connectivity index (χ0) is 16.0. The van der Waals surface area contributed by atoms with Gasteiger partial charge in [0, 0.05) is 11.7 Å². The largest absolute Gasteiger partial charge is 0.497 e. The quantitative estimate of drug-likeness (QED) is 0.680. The van der Waals surface area contributed by atoms with Crippen LogP contribution >= 0.6 is 7.60 Å². The highest BCUT2D eigenvalue weighted by Gasteiger charge is 2.22. The number of hydrogen-bond donors (Lipinski definition) is 0. The van der Waals surface area contributed by atoms with Gasteiger partial charge in [-0.1, -0.05) is 6.92 Å². The molecule has 0 N–H and O–H groups in total. The molecular weight excluding hydrogens is 305 g/mol. The number of nitrogens with zero attached hydrogens (tertiary/aromatic N) is 1. The van der Waals surface area contributed by atoms with Crippen LogP contribution in [0.2, 0.25) is 0 Å². The summed E-state index contributed by atoms with van der Waals surface area (Å²) in [5.41, 5.74) is 1.40. The third-order valence-electron chi connectivity index (χ3n) is 3.01. The lowest BCUT2D eigenvalue weighted by Crippen LogP contribution is -1.99. The Bertz CT molecular complexity index is 638. The van der Waals surface area contributed by atoms with Gasteiger partial charge >= 0.3 is 7.60 Å². The van der Waals surface area contributed by atoms with Gasteiger partial charge in [-0.25, -0.2) is 4.98 Å². The van der Waals surface area contributed by atoms with Gasteiger partial charge in [0.25, 0.3) is 0 Å². The number of oxazole rings is 1. The van der Waals surface area contributed by atoms with E-state index in [1.54, 1.807) is 21.0 Å². The van der Waals surface area contributed by atoms with Gasteiger partial charge in [-0.05, 0) is 31.2 Å². The van der Waals surface area contributed by atoms with Crippen molar-refractivity contribution in [2.24, 2.45) is 0 Å². The average molecular weight is 325 g/mol. The lowest BCUT2D eigenvalue weighted by Gasteiger charge is -2.14. The van der Waals surface area contributed by atoms with Crippen LogP contribution in [0.4, 0.5) is 0 Å². The highest BCUT2D eigenvalue weighted by Crippen LogP contribution is 2.48. The monoisotopic (exact) mass is 325 g/mol. The van der Waals surface area contributed by atoms with E-state index in [0.717, 1.165) is 11.3 Å². The van der Waals surface area contributed by atoms with Crippen molar-refractivity contribution in [2.45, 2.75) is 20.5 Å². The summed E-state index contributed by atoms with van der Waals surface area (Å²) in [5, 5.41) is 0. The minimum Gasteiger partial charge on any atom is -0.497 e. The van der Waals surface area contributed by atoms with Crippen molar-refractivity contribution >= 4 is 7.60 Å². The fourth-order valence-electron chi connectivity index (χ4n) is 1.82. The van der Waals surface area contributed by atoms with E-state index in [-0.39, 0.29) is 6.61 Å². The van der Waals surface area contributed by atoms with Gasteiger partial charge in [0.05, 0.1) is 13.7 Å². The number of methoxy groups -OCH3 is 1. The number of aromatic nitrogens is 1. The molecular formula is C15H20NO5P. The van der Waals surface area contributed by atoms with E-state index < -0.39 is 7.60 Å². The van der Waals surface area contributed by atoms with E-state index in [2.05, 4.69) is 4.98 Å². The van der Waals surface area contributed by atoms with Crippen molar-refractivity contribution in [3.8, 4) is 17.2 Å². The molecule has 0 aliphatic heterocycles. The molecule has 2 aromatic rings. The van der Waals surface area contributed by atoms with Crippen molar-refractivity contribution < 1.29 is 22.8 Å². The molecule has 0 bridgehead atoms. The molecule has 0 saturated carbocycles. The number of benzene rings is 1. The van der Waals surface area contributed by atoms with E-state index in [9.17, 15) is 4.57 Å². The molecule has 7 heteroatoms. The van der Waals surface area contributed by atoms with Crippen LogP contribution in [0.1, 0.15) is 19.5 Å². The topological polar surface area (TPSA) is 70.8 Å². The van der Waals surface area contributed by atoms with Gasteiger partial charge < -0.3 is 18.2 Å². The molecule has 0 spiro atoms. The molecule has 0 amide bonds. The van der Waals surface area contributed by atoms with Crippen LogP contribution in [0.25, 0.3) is 11.5 Å². The Balaban J connectivity index is 2.03. The van der Waals surface area contributed by atoms with E-state index in [4.69, 9.17) is 18.2 Å². The Hall–Kier alpha value is -1.62. The first kappa shape index (κ1) is 16.7. The highest BCUT2D eigenvalue weighted by molar-refractivity contribution is 7.53. The van der Waals surface area contributed by atoms with Crippen LogP contribution in [-0.4, -0.2) is 24.9 Å². The van der Waals surface area contributed by atoms with Gasteiger partial charge in [0.1, 0.15) is 24.3 Å². The zero-order valence-corrected chi connectivity index (χ0v) is 13.8. The lowest BCUT2D eigenvalue weighted by atomic mass is 10.2. The summed E-state index contributed by atoms with van der Waals surface area (Å²) in [6.45, 7) is 3.98. The second-order valence-corrected chi connectivity index (χ2v) is 6.86. The molecule has 120 valence electrons. The van der Waals surface area contributed by atoms with E-state index >= 15 is 0 Å². The maximum absolute atomic E-state index is 12.2. The standard InChI is InChI=1S/C15H20NO5P/c1-4-20-22(17,5-2)21-11-13-10-19-15(16-13)12-6-8-14(18-3)9-7-12/h6-10H,4-5,11H2,1-3H3. The van der Waals surface area contributed by atoms with Gasteiger partial charge in [-0.3, -0.25) is 4.57 Å². The molecule has 0 aliphatic carbocycles. The van der Waals surface area contributed by atoms with Gasteiger partial charge in [-0.15, -0.1) is 0 Å². The van der Waals surface area contributed by atoms with E-state index in [1.165, 1.54) is 6.26 Å². The summed E-state index contributed by atoms with van der Waals surface area (Å²) in [6.07, 6.45) is 1.82. The van der Waals surface area contributed by atoms with Crippen LogP contribution in [0.5, 0.6) is 5.75 Å². The summed E-state index contributed by atoms with van der Waals surface area (Å²) in [7, 11) is -1.43. The van der Waals surface area contributed by atoms with Crippen molar-refractivity contribution in [1.29, 1.82) is 0 Å². The predicted octanol–water partition coefficient (Wildman–Crippen LogP) is 4.12. The Morgan fingerprint density at radius 2 is 1.91 bits per heavy atom. The van der Waals surface area contributed by atoms with Gasteiger partial charge in [-0.2, -0.15) is 0 Å². The summed E-state index contributed by atoms with van der Waals surface area (Å²) < 4.78 is 33.3. The summed E-state index contributed by atoms with van der Waals surface area (Å²) >= 11 is 0. The normalized spacial score (nSPS) is 13.8. The molecule has 1 atom stereocenters. The SMILES string of the molecule is CCOP(=O)(CC)OCc1coc(-c2ccc(OC)cc2)n1. The predicted molar refractivity (Wildman–Crippen MR) is 83.1 cm³/mol. The molecule has 1 aromatic heterocycles. The van der Waals surface area contributed by atoms with Gasteiger partial charge in [0.15, 0.2) is 0 Å². The number of hydrogen-bond acceptors (Lipinski definition) is 6. The molecule has 2 rings (SSSR count). The zero-order valence-electron chi connectivity index (χ0n) is 12.9. The van der Waals surface area contributed by atoms with E-state index in [1.807, 2.05) is 24.3 Å². The van der Waals surface area contributed by atoms with Crippen LogP contribution in [0, 0.1) is 0 Å². The first-order valence-electron chi connectivity index (χ1n) is 7.07. The van der Waals surface area contributed by atoms with Crippen molar-refractivity contribution in [3.63, 3.8) is 0 Å². The molecule has 0 saturated heterocycles. The van der Waals surface area contributed by atoms with Crippen LogP contribution in [0.3, 0.4) is 0 Å². The minimum atomic E-state index is -3.04. The molecule has 0 radical (unpaired) electrons. The van der Waals surface area contributed by atoms with Gasteiger partial charge in [0.2, 0.25) is 5.89 Å². The first-order chi connectivity index (χ1) is 10.6. The number of ether oxygens (including phenoxy) is 1. The fraction of sp³-hybridized carbons (Fsp3) is 0.400. The second-order valence-electron chi connectivity index (χ2n) is 4.49. The van der Waals surface area contributed by atoms with Crippen LogP contribution in [-0.2, 0) is 20.2 Å². The Morgan fingerprint density at radius 3 is 2.50 bits per heavy atom. The Morgan fingerprint density at radius 1 is 1.18 bits per heavy atom. The molecule has 1 unspecified atom stereocenters. The van der Waals surface area contributed by atoms with Crippen molar-refractivity contribution in [1.82, 2.24) is 4.98 Å². The molecule has 6 nitrogen and oxygen atoms in total. The second kappa shape index (κ2) is 7.58. The summed E-state index contributed by atoms with van der Waals surface area (Å²) in [5.74, 6) is 1.24. The molecule has 0 aliphatic rings. The summed E-state index contributed by atoms with van der Waals surface area (Å²) in [4.78, 5) is 4.32. The van der Waals surface area contributed by atoms with Crippen LogP contribution < -0.4 is 4.74 Å². The number of rotatable bonds is 8. The van der Waals surface area contributed by atoms with E-state index in [0.29, 0.717) is 24.4 Å². The highest BCUT2D eigenvalue weighted by atomic mass is 31.2. The fourth-order valence-corrected chi connectivity index (χ4v) is 2.98. The minimum absolute atomic E-state index is 0.0881.